The SMILES string of the molecule is CN1CCN(CCC2=CNC3=CC=CCC23)c2ccc(Nc3ccncc3)cc21. The molecule has 5 heteroatoms. The lowest BCUT2D eigenvalue weighted by Gasteiger charge is -2.37. The number of aromatic nitrogens is 1. The number of hydrogen-bond acceptors (Lipinski definition) is 5. The number of allylic oxidation sites excluding steroid dienone is 4. The molecule has 29 heavy (non-hydrogen) atoms. The van der Waals surface area contributed by atoms with Crippen LogP contribution in [-0.2, 0) is 0 Å². The minimum absolute atomic E-state index is 0.555. The van der Waals surface area contributed by atoms with E-state index in [0.717, 1.165) is 43.9 Å². The third kappa shape index (κ3) is 3.60. The number of pyridine rings is 1. The van der Waals surface area contributed by atoms with Crippen LogP contribution in [0.5, 0.6) is 0 Å². The molecule has 0 saturated carbocycles. The predicted molar refractivity (Wildman–Crippen MR) is 121 cm³/mol. The summed E-state index contributed by atoms with van der Waals surface area (Å²) in [5.74, 6) is 0.555. The molecule has 148 valence electrons. The van der Waals surface area contributed by atoms with Gasteiger partial charge in [-0.25, -0.2) is 0 Å². The summed E-state index contributed by atoms with van der Waals surface area (Å²) < 4.78 is 0. The van der Waals surface area contributed by atoms with E-state index < -0.39 is 0 Å². The maximum atomic E-state index is 4.09. The highest BCUT2D eigenvalue weighted by Crippen LogP contribution is 2.37. The van der Waals surface area contributed by atoms with Gasteiger partial charge in [0.1, 0.15) is 0 Å². The normalized spacial score (nSPS) is 19.8. The molecule has 1 aromatic heterocycles. The average molecular weight is 386 g/mol. The van der Waals surface area contributed by atoms with Gasteiger partial charge in [0.05, 0.1) is 11.4 Å². The summed E-state index contributed by atoms with van der Waals surface area (Å²) in [6.45, 7) is 3.16. The number of benzene rings is 1. The van der Waals surface area contributed by atoms with Gasteiger partial charge < -0.3 is 20.4 Å². The smallest absolute Gasteiger partial charge is 0.0622 e. The monoisotopic (exact) mass is 385 g/mol. The first kappa shape index (κ1) is 17.9. The van der Waals surface area contributed by atoms with Crippen LogP contribution in [0, 0.1) is 5.92 Å². The number of rotatable bonds is 5. The van der Waals surface area contributed by atoms with E-state index in [0.29, 0.717) is 5.92 Å². The maximum absolute atomic E-state index is 4.09. The van der Waals surface area contributed by atoms with Crippen molar-refractivity contribution in [2.75, 3.05) is 41.8 Å². The molecule has 0 amide bonds. The largest absolute Gasteiger partial charge is 0.371 e. The maximum Gasteiger partial charge on any atom is 0.0622 e. The summed E-state index contributed by atoms with van der Waals surface area (Å²) in [4.78, 5) is 8.97. The van der Waals surface area contributed by atoms with Crippen molar-refractivity contribution < 1.29 is 0 Å². The van der Waals surface area contributed by atoms with Gasteiger partial charge in [0.15, 0.2) is 0 Å². The van der Waals surface area contributed by atoms with Crippen LogP contribution in [0.25, 0.3) is 0 Å². The fourth-order valence-corrected chi connectivity index (χ4v) is 4.44. The third-order valence-corrected chi connectivity index (χ3v) is 6.10. The van der Waals surface area contributed by atoms with Gasteiger partial charge in [-0.2, -0.15) is 0 Å². The van der Waals surface area contributed by atoms with Crippen molar-refractivity contribution in [1.29, 1.82) is 0 Å². The van der Waals surface area contributed by atoms with Crippen LogP contribution in [-0.4, -0.2) is 31.7 Å². The molecule has 1 aliphatic carbocycles. The Morgan fingerprint density at radius 3 is 2.90 bits per heavy atom. The second kappa shape index (κ2) is 7.66. The van der Waals surface area contributed by atoms with Crippen LogP contribution in [0.3, 0.4) is 0 Å². The molecule has 1 atom stereocenters. The van der Waals surface area contributed by atoms with Crippen molar-refractivity contribution in [2.45, 2.75) is 12.8 Å². The number of likely N-dealkylation sites (N-methyl/N-ethyl adjacent to an activating group) is 1. The van der Waals surface area contributed by atoms with E-state index in [2.05, 4.69) is 75.1 Å². The Morgan fingerprint density at radius 1 is 1.10 bits per heavy atom. The van der Waals surface area contributed by atoms with Crippen LogP contribution in [0.15, 0.2) is 78.4 Å². The molecule has 2 aromatic rings. The van der Waals surface area contributed by atoms with Gasteiger partial charge in [0.25, 0.3) is 0 Å². The summed E-state index contributed by atoms with van der Waals surface area (Å²) in [5.41, 5.74) is 7.65. The van der Waals surface area contributed by atoms with Gasteiger partial charge in [-0.1, -0.05) is 12.2 Å². The highest BCUT2D eigenvalue weighted by atomic mass is 15.2. The zero-order valence-electron chi connectivity index (χ0n) is 16.8. The fourth-order valence-electron chi connectivity index (χ4n) is 4.44. The molecule has 0 bridgehead atoms. The zero-order chi connectivity index (χ0) is 19.6. The Labute approximate surface area is 172 Å². The van der Waals surface area contributed by atoms with E-state index in [1.807, 2.05) is 24.5 Å². The van der Waals surface area contributed by atoms with Gasteiger partial charge in [-0.05, 0) is 54.8 Å². The van der Waals surface area contributed by atoms with Gasteiger partial charge in [-0.15, -0.1) is 0 Å². The molecular weight excluding hydrogens is 358 g/mol. The Balaban J connectivity index is 1.30. The first-order valence-corrected chi connectivity index (χ1v) is 10.4. The summed E-state index contributed by atoms with van der Waals surface area (Å²) in [6, 6.07) is 10.7. The van der Waals surface area contributed by atoms with Crippen LogP contribution < -0.4 is 20.4 Å². The molecule has 0 radical (unpaired) electrons. The molecular formula is C24H27N5. The van der Waals surface area contributed by atoms with E-state index >= 15 is 0 Å². The second-order valence-electron chi connectivity index (χ2n) is 7.93. The molecule has 0 saturated heterocycles. The molecule has 2 aliphatic heterocycles. The third-order valence-electron chi connectivity index (χ3n) is 6.10. The number of fused-ring (bicyclic) bond motifs is 2. The first-order valence-electron chi connectivity index (χ1n) is 10.4. The summed E-state index contributed by atoms with van der Waals surface area (Å²) >= 11 is 0. The lowest BCUT2D eigenvalue weighted by molar-refractivity contribution is 0.661. The van der Waals surface area contributed by atoms with Crippen LogP contribution in [0.4, 0.5) is 22.7 Å². The molecule has 0 fully saturated rings. The van der Waals surface area contributed by atoms with E-state index in [9.17, 15) is 0 Å². The molecule has 2 N–H and O–H groups in total. The summed E-state index contributed by atoms with van der Waals surface area (Å²) in [6.07, 6.45) is 14.7. The second-order valence-corrected chi connectivity index (χ2v) is 7.93. The Morgan fingerprint density at radius 2 is 2.00 bits per heavy atom. The first-order chi connectivity index (χ1) is 14.3. The molecule has 1 aromatic carbocycles. The molecule has 5 nitrogen and oxygen atoms in total. The summed E-state index contributed by atoms with van der Waals surface area (Å²) in [7, 11) is 2.18. The summed E-state index contributed by atoms with van der Waals surface area (Å²) in [5, 5.41) is 6.94. The van der Waals surface area contributed by atoms with Gasteiger partial charge >= 0.3 is 0 Å². The van der Waals surface area contributed by atoms with Gasteiger partial charge in [-0.3, -0.25) is 4.98 Å². The Hall–Kier alpha value is -3.21. The molecule has 5 rings (SSSR count). The van der Waals surface area contributed by atoms with E-state index in [1.165, 1.54) is 22.6 Å². The van der Waals surface area contributed by atoms with Crippen molar-refractivity contribution in [3.05, 3.63) is 78.4 Å². The molecule has 3 heterocycles. The minimum Gasteiger partial charge on any atom is -0.371 e. The van der Waals surface area contributed by atoms with Crippen LogP contribution >= 0.6 is 0 Å². The lowest BCUT2D eigenvalue weighted by atomic mass is 9.90. The number of nitrogens with zero attached hydrogens (tertiary/aromatic N) is 3. The van der Waals surface area contributed by atoms with Crippen molar-refractivity contribution in [1.82, 2.24) is 10.3 Å². The van der Waals surface area contributed by atoms with E-state index in [4.69, 9.17) is 0 Å². The van der Waals surface area contributed by atoms with Crippen molar-refractivity contribution in [3.63, 3.8) is 0 Å². The molecule has 0 spiro atoms. The van der Waals surface area contributed by atoms with Crippen LogP contribution in [0.1, 0.15) is 12.8 Å². The number of hydrogen-bond donors (Lipinski definition) is 2. The highest BCUT2D eigenvalue weighted by molar-refractivity contribution is 5.78. The van der Waals surface area contributed by atoms with E-state index in [-0.39, 0.29) is 0 Å². The number of anilines is 4. The fraction of sp³-hybridized carbons (Fsp3) is 0.292. The quantitative estimate of drug-likeness (QED) is 0.798. The molecule has 1 unspecified atom stereocenters. The number of nitrogens with one attached hydrogen (secondary N) is 2. The predicted octanol–water partition coefficient (Wildman–Crippen LogP) is 4.42. The van der Waals surface area contributed by atoms with Crippen molar-refractivity contribution in [2.24, 2.45) is 5.92 Å². The van der Waals surface area contributed by atoms with Crippen LogP contribution in [0.2, 0.25) is 0 Å². The Kier molecular flexibility index (Phi) is 4.72. The highest BCUT2D eigenvalue weighted by Gasteiger charge is 2.26. The zero-order valence-corrected chi connectivity index (χ0v) is 16.8. The lowest BCUT2D eigenvalue weighted by Crippen LogP contribution is -2.39. The van der Waals surface area contributed by atoms with Crippen molar-refractivity contribution in [3.8, 4) is 0 Å². The Bertz CT molecular complexity index is 976. The topological polar surface area (TPSA) is 43.4 Å². The minimum atomic E-state index is 0.555. The van der Waals surface area contributed by atoms with E-state index in [1.54, 1.807) is 0 Å². The van der Waals surface area contributed by atoms with Gasteiger partial charge in [0.2, 0.25) is 0 Å². The standard InChI is InChI=1S/C24H27N5/c1-28-14-15-29(13-10-18-17-26-22-5-3-2-4-21(18)22)23-7-6-20(16-24(23)28)27-19-8-11-25-12-9-19/h2-3,5-9,11-12,16-17,21,26H,4,10,13-15H2,1H3,(H,25,27). The average Bonchev–Trinajstić information content (AvgIpc) is 3.17. The van der Waals surface area contributed by atoms with Crippen molar-refractivity contribution >= 4 is 22.7 Å². The molecule has 3 aliphatic rings. The van der Waals surface area contributed by atoms with Gasteiger partial charge in [0, 0.05) is 68.3 Å².